The van der Waals surface area contributed by atoms with E-state index >= 15 is 0 Å². The van der Waals surface area contributed by atoms with Gasteiger partial charge in [0.2, 0.25) is 6.79 Å². The molecule has 1 unspecified atom stereocenters. The molecule has 0 fully saturated rings. The van der Waals surface area contributed by atoms with Crippen molar-refractivity contribution in [1.29, 1.82) is 0 Å². The SMILES string of the molecule is Cc1ccc(NC(=S)NC(C)c2ccc3c(c2)OCO3)cc1Cl. The Morgan fingerprint density at radius 2 is 1.96 bits per heavy atom. The van der Waals surface area contributed by atoms with E-state index in [1.165, 1.54) is 0 Å². The number of benzene rings is 2. The molecule has 2 aromatic carbocycles. The molecule has 1 aliphatic heterocycles. The summed E-state index contributed by atoms with van der Waals surface area (Å²) in [4.78, 5) is 0. The van der Waals surface area contributed by atoms with Gasteiger partial charge in [0, 0.05) is 10.7 Å². The Labute approximate surface area is 145 Å². The third-order valence-electron chi connectivity index (χ3n) is 3.67. The molecular formula is C17H17ClN2O2S. The average molecular weight is 349 g/mol. The zero-order valence-corrected chi connectivity index (χ0v) is 14.4. The Morgan fingerprint density at radius 3 is 2.74 bits per heavy atom. The van der Waals surface area contributed by atoms with Crippen molar-refractivity contribution >= 4 is 34.6 Å². The summed E-state index contributed by atoms with van der Waals surface area (Å²) < 4.78 is 10.7. The van der Waals surface area contributed by atoms with Crippen LogP contribution in [0.15, 0.2) is 36.4 Å². The molecule has 0 spiro atoms. The fourth-order valence-corrected chi connectivity index (χ4v) is 2.78. The summed E-state index contributed by atoms with van der Waals surface area (Å²) in [5.41, 5.74) is 2.96. The van der Waals surface area contributed by atoms with E-state index in [1.807, 2.05) is 50.2 Å². The van der Waals surface area contributed by atoms with Gasteiger partial charge in [0.1, 0.15) is 0 Å². The highest BCUT2D eigenvalue weighted by molar-refractivity contribution is 7.80. The highest BCUT2D eigenvalue weighted by atomic mass is 35.5. The van der Waals surface area contributed by atoms with E-state index in [0.717, 1.165) is 28.3 Å². The summed E-state index contributed by atoms with van der Waals surface area (Å²) in [5, 5.41) is 7.64. The third-order valence-corrected chi connectivity index (χ3v) is 4.30. The van der Waals surface area contributed by atoms with Gasteiger partial charge in [-0.15, -0.1) is 0 Å². The molecule has 1 heterocycles. The number of nitrogens with one attached hydrogen (secondary N) is 2. The number of fused-ring (bicyclic) bond motifs is 1. The van der Waals surface area contributed by atoms with Crippen LogP contribution < -0.4 is 20.1 Å². The molecule has 0 saturated carbocycles. The van der Waals surface area contributed by atoms with Crippen molar-refractivity contribution in [2.45, 2.75) is 19.9 Å². The number of aryl methyl sites for hydroxylation is 1. The third kappa shape index (κ3) is 3.68. The first-order valence-electron chi connectivity index (χ1n) is 7.26. The summed E-state index contributed by atoms with van der Waals surface area (Å²) in [6, 6.07) is 11.7. The summed E-state index contributed by atoms with van der Waals surface area (Å²) in [6.45, 7) is 4.27. The molecule has 0 amide bonds. The minimum absolute atomic E-state index is 0.0328. The fraction of sp³-hybridized carbons (Fsp3) is 0.235. The van der Waals surface area contributed by atoms with Crippen LogP contribution in [0.25, 0.3) is 0 Å². The molecule has 0 aliphatic carbocycles. The lowest BCUT2D eigenvalue weighted by molar-refractivity contribution is 0.174. The van der Waals surface area contributed by atoms with Gasteiger partial charge in [0.25, 0.3) is 0 Å². The predicted molar refractivity (Wildman–Crippen MR) is 96.5 cm³/mol. The second-order valence-corrected chi connectivity index (χ2v) is 6.21. The first-order chi connectivity index (χ1) is 11.0. The molecule has 0 aromatic heterocycles. The molecule has 3 rings (SSSR count). The molecule has 0 radical (unpaired) electrons. The first-order valence-corrected chi connectivity index (χ1v) is 8.05. The van der Waals surface area contributed by atoms with Crippen LogP contribution in [0.2, 0.25) is 5.02 Å². The maximum absolute atomic E-state index is 6.12. The van der Waals surface area contributed by atoms with E-state index in [1.54, 1.807) is 0 Å². The van der Waals surface area contributed by atoms with Crippen LogP contribution in [-0.2, 0) is 0 Å². The Hall–Kier alpha value is -1.98. The number of halogens is 1. The maximum atomic E-state index is 6.12. The van der Waals surface area contributed by atoms with Gasteiger partial charge >= 0.3 is 0 Å². The van der Waals surface area contributed by atoms with Crippen molar-refractivity contribution in [1.82, 2.24) is 5.32 Å². The van der Waals surface area contributed by atoms with Crippen molar-refractivity contribution in [3.8, 4) is 11.5 Å². The van der Waals surface area contributed by atoms with E-state index in [-0.39, 0.29) is 12.8 Å². The van der Waals surface area contributed by atoms with E-state index in [0.29, 0.717) is 10.1 Å². The average Bonchev–Trinajstić information content (AvgIpc) is 2.98. The first kappa shape index (κ1) is 15.9. The highest BCUT2D eigenvalue weighted by Gasteiger charge is 2.16. The van der Waals surface area contributed by atoms with Gasteiger partial charge in [-0.1, -0.05) is 23.7 Å². The zero-order valence-electron chi connectivity index (χ0n) is 12.9. The summed E-state index contributed by atoms with van der Waals surface area (Å²) in [6.07, 6.45) is 0. The largest absolute Gasteiger partial charge is 0.454 e. The highest BCUT2D eigenvalue weighted by Crippen LogP contribution is 2.34. The molecule has 2 N–H and O–H groups in total. The van der Waals surface area contributed by atoms with E-state index in [2.05, 4.69) is 10.6 Å². The monoisotopic (exact) mass is 348 g/mol. The smallest absolute Gasteiger partial charge is 0.231 e. The molecular weight excluding hydrogens is 332 g/mol. The number of rotatable bonds is 3. The number of anilines is 1. The van der Waals surface area contributed by atoms with E-state index in [9.17, 15) is 0 Å². The number of hydrogen-bond acceptors (Lipinski definition) is 3. The molecule has 23 heavy (non-hydrogen) atoms. The predicted octanol–water partition coefficient (Wildman–Crippen LogP) is 4.42. The van der Waals surface area contributed by atoms with Crippen LogP contribution >= 0.6 is 23.8 Å². The molecule has 1 atom stereocenters. The normalized spacial score (nSPS) is 13.5. The summed E-state index contributed by atoms with van der Waals surface area (Å²) in [7, 11) is 0. The van der Waals surface area contributed by atoms with Gasteiger partial charge in [-0.25, -0.2) is 0 Å². The maximum Gasteiger partial charge on any atom is 0.231 e. The molecule has 1 aliphatic rings. The van der Waals surface area contributed by atoms with Crippen molar-refractivity contribution in [2.75, 3.05) is 12.1 Å². The fourth-order valence-electron chi connectivity index (χ4n) is 2.30. The minimum atomic E-state index is 0.0328. The van der Waals surface area contributed by atoms with Crippen molar-refractivity contribution in [3.05, 3.63) is 52.5 Å². The Balaban J connectivity index is 1.64. The van der Waals surface area contributed by atoms with Gasteiger partial charge in [-0.05, 0) is 61.5 Å². The minimum Gasteiger partial charge on any atom is -0.454 e. The quantitative estimate of drug-likeness (QED) is 0.803. The van der Waals surface area contributed by atoms with Crippen LogP contribution in [0, 0.1) is 6.92 Å². The molecule has 4 nitrogen and oxygen atoms in total. The number of thiocarbonyl (C=S) groups is 1. The van der Waals surface area contributed by atoms with Gasteiger partial charge in [-0.2, -0.15) is 0 Å². The van der Waals surface area contributed by atoms with Gasteiger partial charge < -0.3 is 20.1 Å². The van der Waals surface area contributed by atoms with Crippen LogP contribution in [0.1, 0.15) is 24.1 Å². The number of ether oxygens (including phenoxy) is 2. The lowest BCUT2D eigenvalue weighted by Gasteiger charge is -2.18. The van der Waals surface area contributed by atoms with Crippen molar-refractivity contribution in [3.63, 3.8) is 0 Å². The lowest BCUT2D eigenvalue weighted by atomic mass is 10.1. The van der Waals surface area contributed by atoms with Crippen molar-refractivity contribution in [2.24, 2.45) is 0 Å². The lowest BCUT2D eigenvalue weighted by Crippen LogP contribution is -2.30. The molecule has 0 bridgehead atoms. The Kier molecular flexibility index (Phi) is 4.59. The Morgan fingerprint density at radius 1 is 1.17 bits per heavy atom. The van der Waals surface area contributed by atoms with E-state index < -0.39 is 0 Å². The van der Waals surface area contributed by atoms with Crippen molar-refractivity contribution < 1.29 is 9.47 Å². The molecule has 6 heteroatoms. The summed E-state index contributed by atoms with van der Waals surface area (Å²) in [5.74, 6) is 1.54. The second kappa shape index (κ2) is 6.64. The van der Waals surface area contributed by atoms with Crippen LogP contribution in [0.5, 0.6) is 11.5 Å². The van der Waals surface area contributed by atoms with Crippen LogP contribution in [0.3, 0.4) is 0 Å². The molecule has 120 valence electrons. The topological polar surface area (TPSA) is 42.5 Å². The van der Waals surface area contributed by atoms with Gasteiger partial charge in [-0.3, -0.25) is 0 Å². The Bertz CT molecular complexity index is 751. The van der Waals surface area contributed by atoms with Crippen LogP contribution in [-0.4, -0.2) is 11.9 Å². The standard InChI is InChI=1S/C17H17ClN2O2S/c1-10-3-5-13(8-14(10)18)20-17(23)19-11(2)12-4-6-15-16(7-12)22-9-21-15/h3-8,11H,9H2,1-2H3,(H2,19,20,23). The van der Waals surface area contributed by atoms with E-state index in [4.69, 9.17) is 33.3 Å². The zero-order chi connectivity index (χ0) is 16.4. The second-order valence-electron chi connectivity index (χ2n) is 5.40. The van der Waals surface area contributed by atoms with Gasteiger partial charge in [0.15, 0.2) is 16.6 Å². The van der Waals surface area contributed by atoms with Gasteiger partial charge in [0.05, 0.1) is 6.04 Å². The number of hydrogen-bond donors (Lipinski definition) is 2. The summed E-state index contributed by atoms with van der Waals surface area (Å²) >= 11 is 11.5. The molecule has 2 aromatic rings. The molecule has 0 saturated heterocycles. The van der Waals surface area contributed by atoms with Crippen LogP contribution in [0.4, 0.5) is 5.69 Å².